The molecule has 0 aliphatic carbocycles. The van der Waals surface area contributed by atoms with Gasteiger partial charge in [-0.2, -0.15) is 0 Å². The second kappa shape index (κ2) is 6.26. The molecule has 1 aliphatic rings. The molecule has 0 spiro atoms. The van der Waals surface area contributed by atoms with Crippen LogP contribution in [0, 0.1) is 6.92 Å². The van der Waals surface area contributed by atoms with E-state index in [2.05, 4.69) is 0 Å². The number of hydrogen-bond acceptors (Lipinski definition) is 5. The molecule has 1 heterocycles. The number of ether oxygens (including phenoxy) is 1. The SMILES string of the molecule is Cc1c(O)c2c(c(C(=O)/C=C/c3ccc(O)cc3)c1O)OC(C)(C)C=C2. The monoisotopic (exact) mass is 352 g/mol. The summed E-state index contributed by atoms with van der Waals surface area (Å²) in [5, 5.41) is 30.1. The zero-order chi connectivity index (χ0) is 19.1. The minimum atomic E-state index is -0.670. The third kappa shape index (κ3) is 3.16. The van der Waals surface area contributed by atoms with Crippen molar-refractivity contribution in [2.24, 2.45) is 0 Å². The van der Waals surface area contributed by atoms with Gasteiger partial charge in [-0.3, -0.25) is 4.79 Å². The van der Waals surface area contributed by atoms with Crippen LogP contribution in [0.1, 0.15) is 40.9 Å². The average molecular weight is 352 g/mol. The van der Waals surface area contributed by atoms with Crippen LogP contribution in [0.5, 0.6) is 23.0 Å². The van der Waals surface area contributed by atoms with Crippen LogP contribution >= 0.6 is 0 Å². The van der Waals surface area contributed by atoms with Gasteiger partial charge < -0.3 is 20.1 Å². The van der Waals surface area contributed by atoms with Crippen molar-refractivity contribution in [3.05, 3.63) is 58.7 Å². The van der Waals surface area contributed by atoms with E-state index in [-0.39, 0.29) is 34.1 Å². The molecule has 2 aromatic carbocycles. The van der Waals surface area contributed by atoms with E-state index >= 15 is 0 Å². The molecule has 0 unspecified atom stereocenters. The van der Waals surface area contributed by atoms with Gasteiger partial charge in [-0.15, -0.1) is 0 Å². The van der Waals surface area contributed by atoms with E-state index in [0.29, 0.717) is 5.56 Å². The molecule has 0 radical (unpaired) electrons. The van der Waals surface area contributed by atoms with Gasteiger partial charge >= 0.3 is 0 Å². The molecule has 2 aromatic rings. The van der Waals surface area contributed by atoms with Crippen molar-refractivity contribution in [1.29, 1.82) is 0 Å². The van der Waals surface area contributed by atoms with Crippen LogP contribution in [-0.2, 0) is 0 Å². The molecule has 3 rings (SSSR count). The number of allylic oxidation sites excluding steroid dienone is 1. The van der Waals surface area contributed by atoms with E-state index in [1.54, 1.807) is 37.3 Å². The fraction of sp³-hybridized carbons (Fsp3) is 0.190. The first-order valence-electron chi connectivity index (χ1n) is 8.18. The molecule has 0 amide bonds. The molecule has 0 atom stereocenters. The van der Waals surface area contributed by atoms with Crippen LogP contribution in [0.4, 0.5) is 0 Å². The quantitative estimate of drug-likeness (QED) is 0.569. The number of aromatic hydroxyl groups is 3. The predicted octanol–water partition coefficient (Wildman–Crippen LogP) is 4.19. The fourth-order valence-corrected chi connectivity index (χ4v) is 2.76. The molecule has 0 bridgehead atoms. The number of ketones is 1. The van der Waals surface area contributed by atoms with Gasteiger partial charge in [-0.25, -0.2) is 0 Å². The molecular formula is C21H20O5. The summed E-state index contributed by atoms with van der Waals surface area (Å²) in [4.78, 5) is 12.8. The third-order valence-electron chi connectivity index (χ3n) is 4.26. The Labute approximate surface area is 151 Å². The summed E-state index contributed by atoms with van der Waals surface area (Å²) >= 11 is 0. The average Bonchev–Trinajstić information content (AvgIpc) is 2.58. The Morgan fingerprint density at radius 1 is 1.08 bits per heavy atom. The zero-order valence-electron chi connectivity index (χ0n) is 14.8. The second-order valence-corrected chi connectivity index (χ2v) is 6.77. The minimum absolute atomic E-state index is 0.0164. The number of hydrogen-bond donors (Lipinski definition) is 3. The molecule has 5 heteroatoms. The first-order valence-corrected chi connectivity index (χ1v) is 8.18. The van der Waals surface area contributed by atoms with Crippen LogP contribution in [0.2, 0.25) is 0 Å². The Kier molecular flexibility index (Phi) is 4.24. The van der Waals surface area contributed by atoms with E-state index in [4.69, 9.17) is 4.74 Å². The van der Waals surface area contributed by atoms with Gasteiger partial charge in [0.2, 0.25) is 0 Å². The molecule has 26 heavy (non-hydrogen) atoms. The number of phenols is 3. The largest absolute Gasteiger partial charge is 0.508 e. The van der Waals surface area contributed by atoms with Crippen molar-refractivity contribution < 1.29 is 24.9 Å². The lowest BCUT2D eigenvalue weighted by molar-refractivity contribution is 0.103. The van der Waals surface area contributed by atoms with Gasteiger partial charge in [-0.05, 0) is 56.7 Å². The Morgan fingerprint density at radius 3 is 2.38 bits per heavy atom. The highest BCUT2D eigenvalue weighted by Gasteiger charge is 2.31. The highest BCUT2D eigenvalue weighted by molar-refractivity contribution is 6.12. The summed E-state index contributed by atoms with van der Waals surface area (Å²) in [6.07, 6.45) is 6.39. The zero-order valence-corrected chi connectivity index (χ0v) is 14.8. The standard InChI is InChI=1S/C21H20O5/c1-12-18(24)15-10-11-21(2,3)26-20(15)17(19(12)25)16(23)9-6-13-4-7-14(22)8-5-13/h4-11,22,24-25H,1-3H3/b9-6+. The number of carbonyl (C=O) groups is 1. The Hall–Kier alpha value is -3.21. The van der Waals surface area contributed by atoms with E-state index in [9.17, 15) is 20.1 Å². The highest BCUT2D eigenvalue weighted by atomic mass is 16.5. The molecular weight excluding hydrogens is 332 g/mol. The third-order valence-corrected chi connectivity index (χ3v) is 4.26. The van der Waals surface area contributed by atoms with Crippen LogP contribution in [0.15, 0.2) is 36.4 Å². The van der Waals surface area contributed by atoms with Crippen LogP contribution in [-0.4, -0.2) is 26.7 Å². The molecule has 3 N–H and O–H groups in total. The minimum Gasteiger partial charge on any atom is -0.508 e. The van der Waals surface area contributed by atoms with Crippen LogP contribution in [0.25, 0.3) is 12.2 Å². The molecule has 1 aliphatic heterocycles. The van der Waals surface area contributed by atoms with E-state index in [1.807, 2.05) is 13.8 Å². The fourth-order valence-electron chi connectivity index (χ4n) is 2.76. The Bertz CT molecular complexity index is 934. The van der Waals surface area contributed by atoms with Crippen LogP contribution < -0.4 is 4.74 Å². The first-order chi connectivity index (χ1) is 12.2. The normalized spacial score (nSPS) is 14.9. The predicted molar refractivity (Wildman–Crippen MR) is 99.7 cm³/mol. The molecule has 0 fully saturated rings. The summed E-state index contributed by atoms with van der Waals surface area (Å²) in [6, 6.07) is 6.37. The van der Waals surface area contributed by atoms with Crippen molar-refractivity contribution in [3.63, 3.8) is 0 Å². The van der Waals surface area contributed by atoms with Crippen molar-refractivity contribution in [1.82, 2.24) is 0 Å². The second-order valence-electron chi connectivity index (χ2n) is 6.77. The van der Waals surface area contributed by atoms with Gasteiger partial charge in [0.25, 0.3) is 0 Å². The van der Waals surface area contributed by atoms with Gasteiger partial charge in [0.15, 0.2) is 5.78 Å². The number of fused-ring (bicyclic) bond motifs is 1. The lowest BCUT2D eigenvalue weighted by Gasteiger charge is -2.30. The lowest BCUT2D eigenvalue weighted by Crippen LogP contribution is -2.28. The maximum Gasteiger partial charge on any atom is 0.193 e. The summed E-state index contributed by atoms with van der Waals surface area (Å²) in [6.45, 7) is 5.18. The van der Waals surface area contributed by atoms with Crippen LogP contribution in [0.3, 0.4) is 0 Å². The summed E-state index contributed by atoms with van der Waals surface area (Å²) in [5.41, 5.74) is 0.666. The summed E-state index contributed by atoms with van der Waals surface area (Å²) < 4.78 is 5.86. The van der Waals surface area contributed by atoms with Gasteiger partial charge in [0.1, 0.15) is 34.2 Å². The number of phenolic OH excluding ortho intramolecular Hbond substituents is 3. The van der Waals surface area contributed by atoms with Crippen molar-refractivity contribution >= 4 is 17.9 Å². The van der Waals surface area contributed by atoms with Gasteiger partial charge in [-0.1, -0.05) is 18.2 Å². The number of rotatable bonds is 3. The van der Waals surface area contributed by atoms with Crippen molar-refractivity contribution in [2.45, 2.75) is 26.4 Å². The topological polar surface area (TPSA) is 87.0 Å². The Morgan fingerprint density at radius 2 is 1.73 bits per heavy atom. The van der Waals surface area contributed by atoms with Gasteiger partial charge in [0.05, 0.1) is 5.56 Å². The smallest absolute Gasteiger partial charge is 0.193 e. The van der Waals surface area contributed by atoms with E-state index < -0.39 is 11.4 Å². The number of carbonyl (C=O) groups excluding carboxylic acids is 1. The maximum atomic E-state index is 12.8. The maximum absolute atomic E-state index is 12.8. The van der Waals surface area contributed by atoms with E-state index in [0.717, 1.165) is 5.56 Å². The molecule has 0 saturated carbocycles. The van der Waals surface area contributed by atoms with Crippen molar-refractivity contribution in [2.75, 3.05) is 0 Å². The molecule has 5 nitrogen and oxygen atoms in total. The first kappa shape index (κ1) is 17.6. The Balaban J connectivity index is 2.07. The highest BCUT2D eigenvalue weighted by Crippen LogP contribution is 2.46. The van der Waals surface area contributed by atoms with E-state index in [1.165, 1.54) is 18.2 Å². The molecule has 0 aromatic heterocycles. The van der Waals surface area contributed by atoms with Crippen molar-refractivity contribution in [3.8, 4) is 23.0 Å². The van der Waals surface area contributed by atoms with Gasteiger partial charge in [0, 0.05) is 5.56 Å². The molecule has 134 valence electrons. The summed E-state index contributed by atoms with van der Waals surface area (Å²) in [7, 11) is 0. The number of benzene rings is 2. The molecule has 0 saturated heterocycles. The lowest BCUT2D eigenvalue weighted by atomic mass is 9.93. The summed E-state index contributed by atoms with van der Waals surface area (Å²) in [5.74, 6) is -0.549.